The normalized spacial score (nSPS) is 10.3. The number of carbonyl (C=O) groups is 2. The van der Waals surface area contributed by atoms with Crippen LogP contribution < -0.4 is 5.32 Å². The molecule has 0 radical (unpaired) electrons. The zero-order valence-electron chi connectivity index (χ0n) is 14.6. The van der Waals surface area contributed by atoms with Crippen molar-refractivity contribution in [3.63, 3.8) is 0 Å². The van der Waals surface area contributed by atoms with Gasteiger partial charge in [-0.15, -0.1) is 0 Å². The number of aliphatic carboxylic acids is 1. The van der Waals surface area contributed by atoms with E-state index in [9.17, 15) is 9.59 Å². The van der Waals surface area contributed by atoms with Crippen LogP contribution in [0, 0.1) is 11.3 Å². The molecule has 1 amide bonds. The molecule has 0 aromatic heterocycles. The van der Waals surface area contributed by atoms with Crippen LogP contribution in [0.15, 0.2) is 60.7 Å². The van der Waals surface area contributed by atoms with E-state index in [-0.39, 0.29) is 12.3 Å². The molecule has 27 heavy (non-hydrogen) atoms. The molecule has 5 nitrogen and oxygen atoms in total. The number of hydrogen-bond donors (Lipinski definition) is 2. The predicted octanol–water partition coefficient (Wildman–Crippen LogP) is 4.37. The summed E-state index contributed by atoms with van der Waals surface area (Å²) in [6, 6.07) is 20.3. The minimum atomic E-state index is -0.856. The molecule has 0 fully saturated rings. The molecular formula is C22H18N2O3. The molecule has 0 spiro atoms. The van der Waals surface area contributed by atoms with E-state index in [1.807, 2.05) is 36.4 Å². The first-order valence-electron chi connectivity index (χ1n) is 8.62. The molecule has 5 heteroatoms. The Morgan fingerprint density at radius 3 is 2.59 bits per heavy atom. The molecule has 0 aliphatic heterocycles. The van der Waals surface area contributed by atoms with Gasteiger partial charge in [-0.05, 0) is 47.4 Å². The van der Waals surface area contributed by atoms with Crippen LogP contribution in [0.1, 0.15) is 34.3 Å². The molecule has 134 valence electrons. The van der Waals surface area contributed by atoms with Gasteiger partial charge in [-0.1, -0.05) is 42.5 Å². The van der Waals surface area contributed by atoms with E-state index in [1.54, 1.807) is 24.3 Å². The zero-order chi connectivity index (χ0) is 19.2. The molecule has 0 unspecified atom stereocenters. The number of nitrogens with zero attached hydrogens (tertiary/aromatic N) is 1. The van der Waals surface area contributed by atoms with Crippen molar-refractivity contribution >= 4 is 28.3 Å². The summed E-state index contributed by atoms with van der Waals surface area (Å²) in [5.41, 5.74) is 2.33. The van der Waals surface area contributed by atoms with Crippen molar-refractivity contribution < 1.29 is 14.7 Å². The van der Waals surface area contributed by atoms with Crippen molar-refractivity contribution in [1.82, 2.24) is 0 Å². The number of nitrogens with one attached hydrogen (secondary N) is 1. The molecule has 0 aliphatic rings. The third-order valence-electron chi connectivity index (χ3n) is 4.36. The number of aryl methyl sites for hydroxylation is 1. The van der Waals surface area contributed by atoms with Gasteiger partial charge in [0.25, 0.3) is 5.91 Å². The highest BCUT2D eigenvalue weighted by Crippen LogP contribution is 2.23. The van der Waals surface area contributed by atoms with Crippen LogP contribution in [0.4, 0.5) is 5.69 Å². The van der Waals surface area contributed by atoms with Gasteiger partial charge < -0.3 is 10.4 Å². The number of carbonyl (C=O) groups excluding carboxylic acids is 1. The van der Waals surface area contributed by atoms with Gasteiger partial charge in [-0.2, -0.15) is 5.26 Å². The number of carboxylic acid groups (broad SMARTS) is 1. The summed E-state index contributed by atoms with van der Waals surface area (Å²) in [5, 5.41) is 22.7. The van der Waals surface area contributed by atoms with E-state index in [4.69, 9.17) is 10.4 Å². The SMILES string of the molecule is N#Cc1ccc(CCCC(=O)O)c(NC(=O)c2cccc3ccccc23)c1. The van der Waals surface area contributed by atoms with Gasteiger partial charge in [-0.25, -0.2) is 0 Å². The average molecular weight is 358 g/mol. The fraction of sp³-hybridized carbons (Fsp3) is 0.136. The highest BCUT2D eigenvalue weighted by molar-refractivity contribution is 6.13. The molecule has 0 saturated carbocycles. The van der Waals surface area contributed by atoms with Crippen LogP contribution in [0.5, 0.6) is 0 Å². The molecular weight excluding hydrogens is 340 g/mol. The van der Waals surface area contributed by atoms with Crippen molar-refractivity contribution in [2.75, 3.05) is 5.32 Å². The molecule has 0 aliphatic carbocycles. The van der Waals surface area contributed by atoms with Crippen molar-refractivity contribution in [3.8, 4) is 6.07 Å². The molecule has 0 bridgehead atoms. The van der Waals surface area contributed by atoms with Gasteiger partial charge in [-0.3, -0.25) is 9.59 Å². The van der Waals surface area contributed by atoms with Crippen LogP contribution in [0.25, 0.3) is 10.8 Å². The van der Waals surface area contributed by atoms with Crippen LogP contribution in [-0.2, 0) is 11.2 Å². The van der Waals surface area contributed by atoms with E-state index in [1.165, 1.54) is 0 Å². The Morgan fingerprint density at radius 1 is 1.04 bits per heavy atom. The second-order valence-electron chi connectivity index (χ2n) is 6.21. The van der Waals surface area contributed by atoms with Gasteiger partial charge in [0.05, 0.1) is 11.6 Å². The standard InChI is InChI=1S/C22H18N2O3/c23-14-15-11-12-17(7-4-10-21(25)26)20(13-15)24-22(27)19-9-3-6-16-5-1-2-8-18(16)19/h1-3,5-6,8-9,11-13H,4,7,10H2,(H,24,27)(H,25,26). The third-order valence-corrected chi connectivity index (χ3v) is 4.36. The summed E-state index contributed by atoms with van der Waals surface area (Å²) < 4.78 is 0. The highest BCUT2D eigenvalue weighted by atomic mass is 16.4. The maximum Gasteiger partial charge on any atom is 0.303 e. The smallest absolute Gasteiger partial charge is 0.303 e. The number of fused-ring (bicyclic) bond motifs is 1. The van der Waals surface area contributed by atoms with E-state index in [2.05, 4.69) is 11.4 Å². The van der Waals surface area contributed by atoms with Crippen molar-refractivity contribution in [1.29, 1.82) is 5.26 Å². The van der Waals surface area contributed by atoms with Crippen LogP contribution >= 0.6 is 0 Å². The quantitative estimate of drug-likeness (QED) is 0.684. The predicted molar refractivity (Wildman–Crippen MR) is 104 cm³/mol. The average Bonchev–Trinajstić information content (AvgIpc) is 2.68. The Labute approximate surface area is 156 Å². The fourth-order valence-corrected chi connectivity index (χ4v) is 3.02. The van der Waals surface area contributed by atoms with Gasteiger partial charge in [0.15, 0.2) is 0 Å². The van der Waals surface area contributed by atoms with Crippen LogP contribution in [0.2, 0.25) is 0 Å². The van der Waals surface area contributed by atoms with Crippen LogP contribution in [0.3, 0.4) is 0 Å². The maximum atomic E-state index is 12.9. The number of carboxylic acids is 1. The van der Waals surface area contributed by atoms with Crippen molar-refractivity contribution in [2.24, 2.45) is 0 Å². The second-order valence-corrected chi connectivity index (χ2v) is 6.21. The Bertz CT molecular complexity index is 1050. The molecule has 3 aromatic carbocycles. The number of rotatable bonds is 6. The van der Waals surface area contributed by atoms with Gasteiger partial charge >= 0.3 is 5.97 Å². The van der Waals surface area contributed by atoms with Gasteiger partial charge in [0.1, 0.15) is 0 Å². The summed E-state index contributed by atoms with van der Waals surface area (Å²) in [7, 11) is 0. The lowest BCUT2D eigenvalue weighted by molar-refractivity contribution is -0.137. The number of benzene rings is 3. The van der Waals surface area contributed by atoms with E-state index >= 15 is 0 Å². The lowest BCUT2D eigenvalue weighted by Gasteiger charge is -2.13. The van der Waals surface area contributed by atoms with E-state index in [0.29, 0.717) is 29.7 Å². The number of hydrogen-bond acceptors (Lipinski definition) is 3. The van der Waals surface area contributed by atoms with Crippen molar-refractivity contribution in [2.45, 2.75) is 19.3 Å². The molecule has 2 N–H and O–H groups in total. The molecule has 3 aromatic rings. The van der Waals surface area contributed by atoms with Crippen molar-refractivity contribution in [3.05, 3.63) is 77.4 Å². The minimum absolute atomic E-state index is 0.0523. The Morgan fingerprint density at radius 2 is 1.81 bits per heavy atom. The van der Waals surface area contributed by atoms with E-state index in [0.717, 1.165) is 16.3 Å². The molecule has 0 saturated heterocycles. The Kier molecular flexibility index (Phi) is 5.48. The first-order valence-corrected chi connectivity index (χ1v) is 8.62. The zero-order valence-corrected chi connectivity index (χ0v) is 14.6. The first-order chi connectivity index (χ1) is 13.1. The van der Waals surface area contributed by atoms with Gasteiger partial charge in [0, 0.05) is 17.7 Å². The lowest BCUT2D eigenvalue weighted by atomic mass is 10.0. The summed E-state index contributed by atoms with van der Waals surface area (Å²) in [5.74, 6) is -1.12. The minimum Gasteiger partial charge on any atom is -0.481 e. The Hall–Kier alpha value is -3.65. The van der Waals surface area contributed by atoms with Crippen LogP contribution in [-0.4, -0.2) is 17.0 Å². The fourth-order valence-electron chi connectivity index (χ4n) is 3.02. The lowest BCUT2D eigenvalue weighted by Crippen LogP contribution is -2.14. The molecule has 0 atom stereocenters. The summed E-state index contributed by atoms with van der Waals surface area (Å²) in [6.45, 7) is 0. The number of nitriles is 1. The summed E-state index contributed by atoms with van der Waals surface area (Å²) in [4.78, 5) is 23.6. The maximum absolute atomic E-state index is 12.9. The number of amides is 1. The summed E-state index contributed by atoms with van der Waals surface area (Å²) in [6.07, 6.45) is 1.01. The van der Waals surface area contributed by atoms with Gasteiger partial charge in [0.2, 0.25) is 0 Å². The monoisotopic (exact) mass is 358 g/mol. The second kappa shape index (κ2) is 8.15. The molecule has 0 heterocycles. The largest absolute Gasteiger partial charge is 0.481 e. The topological polar surface area (TPSA) is 90.2 Å². The highest BCUT2D eigenvalue weighted by Gasteiger charge is 2.13. The number of anilines is 1. The summed E-state index contributed by atoms with van der Waals surface area (Å²) >= 11 is 0. The molecule has 3 rings (SSSR count). The Balaban J connectivity index is 1.90. The van der Waals surface area contributed by atoms with E-state index < -0.39 is 5.97 Å². The third kappa shape index (κ3) is 4.31. The first kappa shape index (κ1) is 18.2.